The molecule has 1 rings (SSSR count). The molecule has 0 saturated carbocycles. The van der Waals surface area contributed by atoms with E-state index in [4.69, 9.17) is 4.74 Å². The molecule has 2 unspecified atom stereocenters. The summed E-state index contributed by atoms with van der Waals surface area (Å²) < 4.78 is 5.26. The average molecular weight is 200 g/mol. The molecule has 1 fully saturated rings. The highest BCUT2D eigenvalue weighted by Crippen LogP contribution is 2.14. The lowest BCUT2D eigenvalue weighted by atomic mass is 9.95. The molecule has 2 N–H and O–H groups in total. The van der Waals surface area contributed by atoms with Crippen LogP contribution >= 0.6 is 0 Å². The average Bonchev–Trinajstić information content (AvgIpc) is 2.50. The molecule has 0 aromatic carbocycles. The second kappa shape index (κ2) is 4.28. The van der Waals surface area contributed by atoms with Gasteiger partial charge < -0.3 is 15.4 Å². The molecule has 1 aliphatic rings. The zero-order valence-corrected chi connectivity index (χ0v) is 9.39. The minimum Gasteiger partial charge on any atom is -0.378 e. The second-order valence-corrected chi connectivity index (χ2v) is 4.76. The molecule has 14 heavy (non-hydrogen) atoms. The van der Waals surface area contributed by atoms with Gasteiger partial charge in [0.2, 0.25) is 5.91 Å². The van der Waals surface area contributed by atoms with Crippen molar-refractivity contribution in [3.63, 3.8) is 0 Å². The first-order valence-corrected chi connectivity index (χ1v) is 4.99. The van der Waals surface area contributed by atoms with Crippen LogP contribution in [0.3, 0.4) is 0 Å². The molecule has 0 bridgehead atoms. The van der Waals surface area contributed by atoms with E-state index < -0.39 is 0 Å². The molecule has 4 heteroatoms. The van der Waals surface area contributed by atoms with Gasteiger partial charge in [-0.3, -0.25) is 4.79 Å². The Morgan fingerprint density at radius 3 is 2.57 bits per heavy atom. The molecular formula is C10H20N2O2. The van der Waals surface area contributed by atoms with Crippen LogP contribution < -0.4 is 10.6 Å². The number of methoxy groups -OCH3 is 1. The Morgan fingerprint density at radius 1 is 1.43 bits per heavy atom. The Balaban J connectivity index is 2.48. The van der Waals surface area contributed by atoms with Crippen LogP contribution in [0.25, 0.3) is 0 Å². The summed E-state index contributed by atoms with van der Waals surface area (Å²) in [5.74, 6) is 0.0771. The highest BCUT2D eigenvalue weighted by atomic mass is 16.5. The highest BCUT2D eigenvalue weighted by molar-refractivity contribution is 5.81. The van der Waals surface area contributed by atoms with E-state index in [2.05, 4.69) is 10.6 Å². The normalized spacial score (nSPS) is 27.7. The fourth-order valence-electron chi connectivity index (χ4n) is 1.43. The molecule has 1 saturated heterocycles. The lowest BCUT2D eigenvalue weighted by Crippen LogP contribution is -2.47. The summed E-state index contributed by atoms with van der Waals surface area (Å²) in [6.07, 6.45) is 0.0984. The van der Waals surface area contributed by atoms with Crippen molar-refractivity contribution in [2.45, 2.75) is 32.9 Å². The van der Waals surface area contributed by atoms with Crippen LogP contribution in [0.5, 0.6) is 0 Å². The third-order valence-electron chi connectivity index (χ3n) is 2.46. The van der Waals surface area contributed by atoms with Crippen LogP contribution in [0.2, 0.25) is 0 Å². The van der Waals surface area contributed by atoms with Crippen molar-refractivity contribution in [1.82, 2.24) is 10.6 Å². The van der Waals surface area contributed by atoms with Gasteiger partial charge in [0, 0.05) is 25.6 Å². The third kappa shape index (κ3) is 2.69. The summed E-state index contributed by atoms with van der Waals surface area (Å²) in [6, 6.07) is 0.103. The molecule has 4 nitrogen and oxygen atoms in total. The molecule has 0 spiro atoms. The van der Waals surface area contributed by atoms with E-state index in [0.717, 1.165) is 13.1 Å². The Labute approximate surface area is 85.4 Å². The van der Waals surface area contributed by atoms with E-state index in [1.807, 2.05) is 20.8 Å². The monoisotopic (exact) mass is 200 g/mol. The SMILES string of the molecule is COC1CNCC1NC(=O)C(C)(C)C. The summed E-state index contributed by atoms with van der Waals surface area (Å²) in [6.45, 7) is 7.33. The van der Waals surface area contributed by atoms with Gasteiger partial charge in [0.1, 0.15) is 0 Å². The van der Waals surface area contributed by atoms with Crippen molar-refractivity contribution < 1.29 is 9.53 Å². The highest BCUT2D eigenvalue weighted by Gasteiger charge is 2.31. The van der Waals surface area contributed by atoms with Crippen LogP contribution in [0, 0.1) is 5.41 Å². The number of carbonyl (C=O) groups is 1. The Bertz CT molecular complexity index is 211. The Morgan fingerprint density at radius 2 is 2.07 bits per heavy atom. The molecule has 1 amide bonds. The van der Waals surface area contributed by atoms with Crippen LogP contribution in [-0.4, -0.2) is 38.3 Å². The van der Waals surface area contributed by atoms with Gasteiger partial charge in [-0.25, -0.2) is 0 Å². The number of nitrogens with one attached hydrogen (secondary N) is 2. The minimum absolute atomic E-state index is 0.0771. The predicted octanol–water partition coefficient (Wildman–Crippen LogP) is 0.135. The van der Waals surface area contributed by atoms with Gasteiger partial charge in [0.25, 0.3) is 0 Å². The Hall–Kier alpha value is -0.610. The van der Waals surface area contributed by atoms with Crippen molar-refractivity contribution >= 4 is 5.91 Å². The van der Waals surface area contributed by atoms with Crippen molar-refractivity contribution in [3.05, 3.63) is 0 Å². The topological polar surface area (TPSA) is 50.4 Å². The van der Waals surface area contributed by atoms with Crippen LogP contribution in [-0.2, 0) is 9.53 Å². The fourth-order valence-corrected chi connectivity index (χ4v) is 1.43. The van der Waals surface area contributed by atoms with Gasteiger partial charge in [0.15, 0.2) is 0 Å². The van der Waals surface area contributed by atoms with Gasteiger partial charge >= 0.3 is 0 Å². The molecule has 1 aliphatic heterocycles. The summed E-state index contributed by atoms with van der Waals surface area (Å²) in [7, 11) is 1.67. The van der Waals surface area contributed by atoms with Gasteiger partial charge in [-0.05, 0) is 0 Å². The van der Waals surface area contributed by atoms with Gasteiger partial charge in [-0.1, -0.05) is 20.8 Å². The molecule has 0 radical (unpaired) electrons. The van der Waals surface area contributed by atoms with Crippen molar-refractivity contribution in [2.75, 3.05) is 20.2 Å². The molecule has 1 heterocycles. The quantitative estimate of drug-likeness (QED) is 0.666. The summed E-state index contributed by atoms with van der Waals surface area (Å²) >= 11 is 0. The second-order valence-electron chi connectivity index (χ2n) is 4.76. The van der Waals surface area contributed by atoms with Crippen LogP contribution in [0.4, 0.5) is 0 Å². The molecule has 0 aromatic rings. The van der Waals surface area contributed by atoms with Crippen LogP contribution in [0.1, 0.15) is 20.8 Å². The first kappa shape index (κ1) is 11.5. The van der Waals surface area contributed by atoms with Crippen molar-refractivity contribution in [1.29, 1.82) is 0 Å². The number of amides is 1. The maximum atomic E-state index is 11.7. The third-order valence-corrected chi connectivity index (χ3v) is 2.46. The molecule has 2 atom stereocenters. The largest absolute Gasteiger partial charge is 0.378 e. The number of carbonyl (C=O) groups excluding carboxylic acids is 1. The van der Waals surface area contributed by atoms with E-state index in [-0.39, 0.29) is 23.5 Å². The summed E-state index contributed by atoms with van der Waals surface area (Å²) in [5, 5.41) is 6.18. The standard InChI is InChI=1S/C10H20N2O2/c1-10(2,3)9(13)12-7-5-11-6-8(7)14-4/h7-8,11H,5-6H2,1-4H3,(H,12,13). The number of ether oxygens (including phenoxy) is 1. The van der Waals surface area contributed by atoms with E-state index >= 15 is 0 Å². The summed E-state index contributed by atoms with van der Waals surface area (Å²) in [5.41, 5.74) is -0.332. The number of hydrogen-bond donors (Lipinski definition) is 2. The first-order valence-electron chi connectivity index (χ1n) is 4.99. The number of hydrogen-bond acceptors (Lipinski definition) is 3. The van der Waals surface area contributed by atoms with E-state index in [9.17, 15) is 4.79 Å². The van der Waals surface area contributed by atoms with Gasteiger partial charge in [-0.15, -0.1) is 0 Å². The first-order chi connectivity index (χ1) is 6.45. The van der Waals surface area contributed by atoms with Gasteiger partial charge in [0.05, 0.1) is 12.1 Å². The number of rotatable bonds is 2. The van der Waals surface area contributed by atoms with Crippen molar-refractivity contribution in [2.24, 2.45) is 5.41 Å². The summed E-state index contributed by atoms with van der Waals surface area (Å²) in [4.78, 5) is 11.7. The maximum Gasteiger partial charge on any atom is 0.225 e. The molecule has 0 aromatic heterocycles. The molecular weight excluding hydrogens is 180 g/mol. The van der Waals surface area contributed by atoms with Crippen molar-refractivity contribution in [3.8, 4) is 0 Å². The smallest absolute Gasteiger partial charge is 0.225 e. The van der Waals surface area contributed by atoms with Crippen LogP contribution in [0.15, 0.2) is 0 Å². The fraction of sp³-hybridized carbons (Fsp3) is 0.900. The Kier molecular flexibility index (Phi) is 3.50. The molecule has 82 valence electrons. The zero-order chi connectivity index (χ0) is 10.8. The van der Waals surface area contributed by atoms with E-state index in [1.54, 1.807) is 7.11 Å². The van der Waals surface area contributed by atoms with E-state index in [1.165, 1.54) is 0 Å². The zero-order valence-electron chi connectivity index (χ0n) is 9.39. The lowest BCUT2D eigenvalue weighted by molar-refractivity contribution is -0.129. The van der Waals surface area contributed by atoms with E-state index in [0.29, 0.717) is 0 Å². The molecule has 0 aliphatic carbocycles. The lowest BCUT2D eigenvalue weighted by Gasteiger charge is -2.24. The maximum absolute atomic E-state index is 11.7. The predicted molar refractivity (Wildman–Crippen MR) is 55.1 cm³/mol. The van der Waals surface area contributed by atoms with Gasteiger partial charge in [-0.2, -0.15) is 0 Å². The minimum atomic E-state index is -0.332.